The topological polar surface area (TPSA) is 0 Å². The molecule has 0 amide bonds. The zero-order valence-corrected chi connectivity index (χ0v) is 9.46. The van der Waals surface area contributed by atoms with E-state index in [9.17, 15) is 0 Å². The van der Waals surface area contributed by atoms with E-state index in [1.807, 2.05) is 11.3 Å². The average molecular weight is 182 g/mol. The van der Waals surface area contributed by atoms with Gasteiger partial charge in [0.05, 0.1) is 0 Å². The summed E-state index contributed by atoms with van der Waals surface area (Å²) in [7, 11) is 0. The van der Waals surface area contributed by atoms with Crippen molar-refractivity contribution in [2.24, 2.45) is 0 Å². The molecule has 1 aromatic heterocycles. The highest BCUT2D eigenvalue weighted by Gasteiger charge is 2.13. The number of hydrogen-bond acceptors (Lipinski definition) is 1. The van der Waals surface area contributed by atoms with Gasteiger partial charge < -0.3 is 0 Å². The van der Waals surface area contributed by atoms with Crippen molar-refractivity contribution in [2.45, 2.75) is 46.5 Å². The van der Waals surface area contributed by atoms with Crippen LogP contribution < -0.4 is 0 Å². The SMILES string of the molecule is Cc1csc(C(C)C)c1C(C)C. The molecule has 1 heterocycles. The Morgan fingerprint density at radius 3 is 2.00 bits per heavy atom. The summed E-state index contributed by atoms with van der Waals surface area (Å²) < 4.78 is 0. The summed E-state index contributed by atoms with van der Waals surface area (Å²) in [6.45, 7) is 11.3. The molecule has 0 aliphatic rings. The van der Waals surface area contributed by atoms with Crippen LogP contribution in [0.15, 0.2) is 5.38 Å². The molecule has 12 heavy (non-hydrogen) atoms. The first-order valence-electron chi connectivity index (χ1n) is 4.62. The summed E-state index contributed by atoms with van der Waals surface area (Å²) in [5.74, 6) is 1.36. The number of aryl methyl sites for hydroxylation is 1. The zero-order valence-electron chi connectivity index (χ0n) is 8.64. The highest BCUT2D eigenvalue weighted by Crippen LogP contribution is 2.33. The van der Waals surface area contributed by atoms with Gasteiger partial charge in [0.2, 0.25) is 0 Å². The fraction of sp³-hybridized carbons (Fsp3) is 0.636. The third-order valence-corrected chi connectivity index (χ3v) is 3.57. The standard InChI is InChI=1S/C11H18S/c1-7(2)10-9(5)6-12-11(10)8(3)4/h6-8H,1-5H3. The van der Waals surface area contributed by atoms with Gasteiger partial charge in [0.1, 0.15) is 0 Å². The third-order valence-electron chi connectivity index (χ3n) is 2.15. The third kappa shape index (κ3) is 1.71. The highest BCUT2D eigenvalue weighted by atomic mass is 32.1. The Labute approximate surface area is 79.6 Å². The first kappa shape index (κ1) is 9.79. The zero-order chi connectivity index (χ0) is 9.30. The molecule has 0 bridgehead atoms. The summed E-state index contributed by atoms with van der Waals surface area (Å²) in [6, 6.07) is 0. The second-order valence-electron chi connectivity index (χ2n) is 4.01. The van der Waals surface area contributed by atoms with E-state index in [2.05, 4.69) is 40.0 Å². The van der Waals surface area contributed by atoms with Gasteiger partial charge in [-0.1, -0.05) is 27.7 Å². The van der Waals surface area contributed by atoms with Crippen molar-refractivity contribution in [3.05, 3.63) is 21.4 Å². The Kier molecular flexibility index (Phi) is 2.94. The van der Waals surface area contributed by atoms with Crippen LogP contribution in [0.4, 0.5) is 0 Å². The summed E-state index contributed by atoms with van der Waals surface area (Å²) in [5.41, 5.74) is 3.05. The Balaban J connectivity index is 3.12. The molecular formula is C11H18S. The van der Waals surface area contributed by atoms with Crippen molar-refractivity contribution < 1.29 is 0 Å². The van der Waals surface area contributed by atoms with E-state index >= 15 is 0 Å². The van der Waals surface area contributed by atoms with Gasteiger partial charge >= 0.3 is 0 Å². The molecule has 1 rings (SSSR count). The maximum Gasteiger partial charge on any atom is 0.0108 e. The molecule has 0 nitrogen and oxygen atoms in total. The summed E-state index contributed by atoms with van der Waals surface area (Å²) >= 11 is 1.91. The molecule has 0 unspecified atom stereocenters. The lowest BCUT2D eigenvalue weighted by atomic mass is 9.96. The lowest BCUT2D eigenvalue weighted by molar-refractivity contribution is 0.803. The van der Waals surface area contributed by atoms with E-state index in [0.717, 1.165) is 0 Å². The first-order chi connectivity index (χ1) is 5.54. The molecule has 0 fully saturated rings. The predicted octanol–water partition coefficient (Wildman–Crippen LogP) is 4.30. The van der Waals surface area contributed by atoms with Gasteiger partial charge in [-0.05, 0) is 35.3 Å². The van der Waals surface area contributed by atoms with Crippen LogP contribution in [0.5, 0.6) is 0 Å². The van der Waals surface area contributed by atoms with E-state index in [4.69, 9.17) is 0 Å². The molecule has 1 heteroatoms. The monoisotopic (exact) mass is 182 g/mol. The van der Waals surface area contributed by atoms with Gasteiger partial charge in [-0.15, -0.1) is 11.3 Å². The van der Waals surface area contributed by atoms with E-state index in [0.29, 0.717) is 11.8 Å². The van der Waals surface area contributed by atoms with Crippen LogP contribution in [0.25, 0.3) is 0 Å². The van der Waals surface area contributed by atoms with Gasteiger partial charge in [-0.25, -0.2) is 0 Å². The summed E-state index contributed by atoms with van der Waals surface area (Å²) in [4.78, 5) is 1.57. The van der Waals surface area contributed by atoms with E-state index in [1.54, 1.807) is 10.4 Å². The smallest absolute Gasteiger partial charge is 0.0108 e. The van der Waals surface area contributed by atoms with Crippen LogP contribution in [-0.2, 0) is 0 Å². The minimum atomic E-state index is 0.675. The lowest BCUT2D eigenvalue weighted by Crippen LogP contribution is -1.94. The molecule has 0 radical (unpaired) electrons. The second kappa shape index (κ2) is 3.61. The fourth-order valence-corrected chi connectivity index (χ4v) is 2.89. The molecule has 0 saturated heterocycles. The molecule has 0 spiro atoms. The van der Waals surface area contributed by atoms with Crippen LogP contribution >= 0.6 is 11.3 Å². The van der Waals surface area contributed by atoms with E-state index in [-0.39, 0.29) is 0 Å². The fourth-order valence-electron chi connectivity index (χ4n) is 1.66. The summed E-state index contributed by atoms with van der Waals surface area (Å²) in [6.07, 6.45) is 0. The van der Waals surface area contributed by atoms with Crippen molar-refractivity contribution in [1.29, 1.82) is 0 Å². The minimum absolute atomic E-state index is 0.675. The van der Waals surface area contributed by atoms with Crippen LogP contribution in [-0.4, -0.2) is 0 Å². The quantitative estimate of drug-likeness (QED) is 0.639. The van der Waals surface area contributed by atoms with Crippen molar-refractivity contribution in [2.75, 3.05) is 0 Å². The lowest BCUT2D eigenvalue weighted by Gasteiger charge is -2.11. The second-order valence-corrected chi connectivity index (χ2v) is 4.92. The molecule has 0 saturated carbocycles. The van der Waals surface area contributed by atoms with Crippen LogP contribution in [0.3, 0.4) is 0 Å². The number of thiophene rings is 1. The maximum atomic E-state index is 2.28. The largest absolute Gasteiger partial charge is 0.148 e. The number of rotatable bonds is 2. The Hall–Kier alpha value is -0.300. The molecular weight excluding hydrogens is 164 g/mol. The van der Waals surface area contributed by atoms with Crippen molar-refractivity contribution in [1.82, 2.24) is 0 Å². The minimum Gasteiger partial charge on any atom is -0.148 e. The number of hydrogen-bond donors (Lipinski definition) is 0. The molecule has 0 aliphatic heterocycles. The van der Waals surface area contributed by atoms with Gasteiger partial charge in [0.15, 0.2) is 0 Å². The van der Waals surface area contributed by atoms with Gasteiger partial charge in [0, 0.05) is 4.88 Å². The molecule has 68 valence electrons. The molecule has 0 aromatic carbocycles. The average Bonchev–Trinajstić information content (AvgIpc) is 2.30. The Morgan fingerprint density at radius 1 is 1.08 bits per heavy atom. The molecule has 0 atom stereocenters. The molecule has 0 N–H and O–H groups in total. The van der Waals surface area contributed by atoms with Crippen LogP contribution in [0.1, 0.15) is 55.5 Å². The molecule has 0 aliphatic carbocycles. The van der Waals surface area contributed by atoms with Crippen LogP contribution in [0, 0.1) is 6.92 Å². The van der Waals surface area contributed by atoms with Gasteiger partial charge in [-0.3, -0.25) is 0 Å². The van der Waals surface area contributed by atoms with E-state index in [1.165, 1.54) is 5.56 Å². The maximum absolute atomic E-state index is 2.28. The summed E-state index contributed by atoms with van der Waals surface area (Å²) in [5, 5.41) is 2.28. The molecule has 1 aromatic rings. The van der Waals surface area contributed by atoms with Crippen LogP contribution in [0.2, 0.25) is 0 Å². The predicted molar refractivity (Wildman–Crippen MR) is 57.2 cm³/mol. The first-order valence-corrected chi connectivity index (χ1v) is 5.49. The van der Waals surface area contributed by atoms with Crippen molar-refractivity contribution in [3.63, 3.8) is 0 Å². The van der Waals surface area contributed by atoms with Crippen molar-refractivity contribution in [3.8, 4) is 0 Å². The Morgan fingerprint density at radius 2 is 1.67 bits per heavy atom. The van der Waals surface area contributed by atoms with E-state index < -0.39 is 0 Å². The van der Waals surface area contributed by atoms with Gasteiger partial charge in [-0.2, -0.15) is 0 Å². The Bertz CT molecular complexity index is 256. The normalized spacial score (nSPS) is 11.6. The van der Waals surface area contributed by atoms with Gasteiger partial charge in [0.25, 0.3) is 0 Å². The van der Waals surface area contributed by atoms with Crippen molar-refractivity contribution >= 4 is 11.3 Å². The highest BCUT2D eigenvalue weighted by molar-refractivity contribution is 7.10.